The number of carbonyl (C=O) groups excluding carboxylic acids is 4. The van der Waals surface area contributed by atoms with Gasteiger partial charge in [-0.3, -0.25) is 9.59 Å². The third-order valence-electron chi connectivity index (χ3n) is 2.32. The van der Waals surface area contributed by atoms with Crippen molar-refractivity contribution in [2.45, 2.75) is 0 Å². The fourth-order valence-electron chi connectivity index (χ4n) is 1.34. The Morgan fingerprint density at radius 3 is 1.26 bits per heavy atom. The molecule has 0 spiro atoms. The normalized spacial score (nSPS) is 8.70. The lowest BCUT2D eigenvalue weighted by Crippen LogP contribution is -2.11. The minimum atomic E-state index is -0.708. The molecule has 2 aromatic rings. The van der Waals surface area contributed by atoms with Gasteiger partial charge in [-0.2, -0.15) is 0 Å². The third-order valence-corrected chi connectivity index (χ3v) is 2.32. The fraction of sp³-hybridized carbons (Fsp3) is 0. The molecule has 0 bridgehead atoms. The van der Waals surface area contributed by atoms with E-state index in [0.717, 1.165) is 0 Å². The molecular weight excluding hydrogens is 304 g/mol. The predicted octanol–water partition coefficient (Wildman–Crippen LogP) is 1.93. The number of hydrogen-bond acceptors (Lipinski definition) is 7. The van der Waals surface area contributed by atoms with Crippen molar-refractivity contribution in [1.29, 1.82) is 0 Å². The maximum absolute atomic E-state index is 11.5. The van der Waals surface area contributed by atoms with Crippen LogP contribution >= 0.6 is 0 Å². The second-order valence-electron chi connectivity index (χ2n) is 3.80. The Bertz CT molecular complexity index is 580. The van der Waals surface area contributed by atoms with Crippen LogP contribution in [0, 0.1) is 0 Å². The first-order valence-corrected chi connectivity index (χ1v) is 6.25. The highest BCUT2D eigenvalue weighted by atomic mass is 17.2. The van der Waals surface area contributed by atoms with Crippen LogP contribution in [0.3, 0.4) is 0 Å². The molecule has 23 heavy (non-hydrogen) atoms. The van der Waals surface area contributed by atoms with Crippen LogP contribution in [0.15, 0.2) is 60.7 Å². The van der Waals surface area contributed by atoms with Crippen molar-refractivity contribution < 1.29 is 33.7 Å². The van der Waals surface area contributed by atoms with Crippen LogP contribution < -0.4 is 0 Å². The van der Waals surface area contributed by atoms with E-state index >= 15 is 0 Å². The van der Waals surface area contributed by atoms with Crippen LogP contribution in [0.5, 0.6) is 0 Å². The number of carbonyl (C=O) groups is 4. The standard InChI is InChI=1S/C14H10O4.C2H2O3/c15-13(11-7-3-1-4-8-11)17-18-14(16)12-9-5-2-6-10-12;3-1-5-2-4/h1-10H;1-2H. The van der Waals surface area contributed by atoms with Crippen molar-refractivity contribution in [2.24, 2.45) is 0 Å². The van der Waals surface area contributed by atoms with Crippen molar-refractivity contribution in [1.82, 2.24) is 0 Å². The van der Waals surface area contributed by atoms with E-state index in [0.29, 0.717) is 11.1 Å². The van der Waals surface area contributed by atoms with Gasteiger partial charge in [0.25, 0.3) is 0 Å². The molecule has 0 N–H and O–H groups in total. The first-order chi connectivity index (χ1) is 11.2. The van der Waals surface area contributed by atoms with Crippen molar-refractivity contribution in [2.75, 3.05) is 0 Å². The average Bonchev–Trinajstić information content (AvgIpc) is 2.62. The van der Waals surface area contributed by atoms with E-state index in [2.05, 4.69) is 14.5 Å². The van der Waals surface area contributed by atoms with Crippen molar-refractivity contribution in [3.05, 3.63) is 71.8 Å². The molecule has 0 saturated carbocycles. The van der Waals surface area contributed by atoms with Gasteiger partial charge in [-0.05, 0) is 24.3 Å². The molecule has 0 saturated heterocycles. The zero-order valence-corrected chi connectivity index (χ0v) is 11.8. The Balaban J connectivity index is 0.000000463. The summed E-state index contributed by atoms with van der Waals surface area (Å²) >= 11 is 0. The Labute approximate surface area is 131 Å². The Kier molecular flexibility index (Phi) is 7.85. The van der Waals surface area contributed by atoms with E-state index in [1.54, 1.807) is 60.7 Å². The predicted molar refractivity (Wildman–Crippen MR) is 76.9 cm³/mol. The second kappa shape index (κ2) is 10.3. The SMILES string of the molecule is O=C(OOC(=O)c1ccccc1)c1ccccc1.O=COC=O. The summed E-state index contributed by atoms with van der Waals surface area (Å²) < 4.78 is 3.47. The molecule has 7 nitrogen and oxygen atoms in total. The lowest BCUT2D eigenvalue weighted by molar-refractivity contribution is -0.187. The van der Waals surface area contributed by atoms with Gasteiger partial charge in [-0.25, -0.2) is 19.4 Å². The first-order valence-electron chi connectivity index (χ1n) is 6.25. The highest BCUT2D eigenvalue weighted by molar-refractivity contribution is 5.92. The van der Waals surface area contributed by atoms with Gasteiger partial charge in [0.2, 0.25) is 0 Å². The van der Waals surface area contributed by atoms with E-state index in [1.807, 2.05) is 0 Å². The van der Waals surface area contributed by atoms with Crippen LogP contribution in [0.25, 0.3) is 0 Å². The molecule has 0 amide bonds. The second-order valence-corrected chi connectivity index (χ2v) is 3.80. The van der Waals surface area contributed by atoms with Gasteiger partial charge in [0, 0.05) is 0 Å². The quantitative estimate of drug-likeness (QED) is 0.368. The van der Waals surface area contributed by atoms with E-state index in [-0.39, 0.29) is 12.9 Å². The van der Waals surface area contributed by atoms with Crippen LogP contribution in [-0.2, 0) is 24.1 Å². The van der Waals surface area contributed by atoms with Gasteiger partial charge < -0.3 is 4.74 Å². The molecule has 118 valence electrons. The summed E-state index contributed by atoms with van der Waals surface area (Å²) in [5.74, 6) is -1.42. The average molecular weight is 316 g/mol. The number of ether oxygens (including phenoxy) is 1. The van der Waals surface area contributed by atoms with Crippen molar-refractivity contribution >= 4 is 24.9 Å². The highest BCUT2D eigenvalue weighted by Crippen LogP contribution is 2.05. The molecule has 0 aromatic heterocycles. The zero-order chi connectivity index (χ0) is 16.9. The molecule has 0 heterocycles. The van der Waals surface area contributed by atoms with E-state index < -0.39 is 11.9 Å². The number of hydrogen-bond donors (Lipinski definition) is 0. The maximum Gasteiger partial charge on any atom is 0.386 e. The van der Waals surface area contributed by atoms with Crippen LogP contribution in [0.1, 0.15) is 20.7 Å². The van der Waals surface area contributed by atoms with Gasteiger partial charge in [0.1, 0.15) is 0 Å². The van der Waals surface area contributed by atoms with Crippen LogP contribution in [-0.4, -0.2) is 24.9 Å². The third kappa shape index (κ3) is 6.67. The highest BCUT2D eigenvalue weighted by Gasteiger charge is 2.12. The van der Waals surface area contributed by atoms with E-state index in [1.165, 1.54) is 0 Å². The molecule has 2 aromatic carbocycles. The van der Waals surface area contributed by atoms with Crippen molar-refractivity contribution in [3.63, 3.8) is 0 Å². The minimum absolute atomic E-state index is 0.0625. The molecule has 0 aliphatic carbocycles. The lowest BCUT2D eigenvalue weighted by atomic mass is 10.2. The molecule has 7 heteroatoms. The summed E-state index contributed by atoms with van der Waals surface area (Å²) in [6, 6.07) is 16.6. The zero-order valence-electron chi connectivity index (χ0n) is 11.8. The summed E-state index contributed by atoms with van der Waals surface area (Å²) in [6.07, 6.45) is 0. The fourth-order valence-corrected chi connectivity index (χ4v) is 1.34. The number of benzene rings is 2. The Hall–Kier alpha value is -3.48. The van der Waals surface area contributed by atoms with E-state index in [9.17, 15) is 9.59 Å². The monoisotopic (exact) mass is 316 g/mol. The summed E-state index contributed by atoms with van der Waals surface area (Å²) in [4.78, 5) is 49.8. The molecular formula is C16H12O7. The van der Waals surface area contributed by atoms with Gasteiger partial charge in [-0.1, -0.05) is 36.4 Å². The summed E-state index contributed by atoms with van der Waals surface area (Å²) in [7, 11) is 0. The summed E-state index contributed by atoms with van der Waals surface area (Å²) in [5, 5.41) is 0. The molecule has 0 unspecified atom stereocenters. The van der Waals surface area contributed by atoms with Gasteiger partial charge >= 0.3 is 24.9 Å². The molecule has 0 atom stereocenters. The Morgan fingerprint density at radius 1 is 0.652 bits per heavy atom. The molecule has 0 aliphatic rings. The minimum Gasteiger partial charge on any atom is -0.398 e. The molecule has 0 radical (unpaired) electrons. The van der Waals surface area contributed by atoms with Gasteiger partial charge in [0.15, 0.2) is 0 Å². The topological polar surface area (TPSA) is 96.0 Å². The van der Waals surface area contributed by atoms with Crippen LogP contribution in [0.2, 0.25) is 0 Å². The maximum atomic E-state index is 11.5. The van der Waals surface area contributed by atoms with Crippen molar-refractivity contribution in [3.8, 4) is 0 Å². The number of rotatable bonds is 4. The van der Waals surface area contributed by atoms with E-state index in [4.69, 9.17) is 9.59 Å². The lowest BCUT2D eigenvalue weighted by Gasteiger charge is -2.02. The summed E-state index contributed by atoms with van der Waals surface area (Å²) in [6.45, 7) is 0.125. The summed E-state index contributed by atoms with van der Waals surface area (Å²) in [5.41, 5.74) is 0.636. The van der Waals surface area contributed by atoms with Gasteiger partial charge in [0.05, 0.1) is 11.1 Å². The van der Waals surface area contributed by atoms with Gasteiger partial charge in [-0.15, -0.1) is 0 Å². The largest absolute Gasteiger partial charge is 0.398 e. The molecule has 2 rings (SSSR count). The van der Waals surface area contributed by atoms with Crippen LogP contribution in [0.4, 0.5) is 0 Å². The molecule has 0 aliphatic heterocycles. The molecule has 0 fully saturated rings. The smallest absolute Gasteiger partial charge is 0.386 e. The Morgan fingerprint density at radius 2 is 1.00 bits per heavy atom. The first kappa shape index (κ1) is 17.6.